The minimum absolute atomic E-state index is 0.109. The first kappa shape index (κ1) is 22.2. The first-order chi connectivity index (χ1) is 16.3. The fraction of sp³-hybridized carbons (Fsp3) is 0.231. The molecule has 0 fully saturated rings. The van der Waals surface area contributed by atoms with E-state index in [0.29, 0.717) is 29.5 Å². The van der Waals surface area contributed by atoms with Crippen LogP contribution < -0.4 is 4.74 Å². The number of rotatable bonds is 6. The van der Waals surface area contributed by atoms with Crippen molar-refractivity contribution in [3.05, 3.63) is 100 Å². The van der Waals surface area contributed by atoms with Gasteiger partial charge in [0.05, 0.1) is 17.4 Å². The second-order valence-electron chi connectivity index (χ2n) is 8.43. The molecule has 5 nitrogen and oxygen atoms in total. The minimum Gasteiger partial charge on any atom is -0.485 e. The average Bonchev–Trinajstić information content (AvgIpc) is 3.32. The van der Waals surface area contributed by atoms with Crippen molar-refractivity contribution in [3.8, 4) is 5.75 Å². The number of pyridine rings is 1. The van der Waals surface area contributed by atoms with E-state index in [4.69, 9.17) is 4.74 Å². The molecule has 8 heteroatoms. The summed E-state index contributed by atoms with van der Waals surface area (Å²) in [5.74, 6) is -3.70. The van der Waals surface area contributed by atoms with E-state index in [0.717, 1.165) is 17.2 Å². The van der Waals surface area contributed by atoms with Crippen LogP contribution in [0.3, 0.4) is 0 Å². The number of hydrogen-bond donors (Lipinski definition) is 1. The highest BCUT2D eigenvalue weighted by molar-refractivity contribution is 5.97. The lowest BCUT2D eigenvalue weighted by molar-refractivity contribution is 0.0915. The number of ether oxygens (including phenoxy) is 1. The number of aliphatic hydroxyl groups excluding tert-OH is 1. The third-order valence-corrected chi connectivity index (χ3v) is 6.32. The number of fused-ring (bicyclic) bond motifs is 2. The lowest BCUT2D eigenvalue weighted by Crippen LogP contribution is -2.18. The molecule has 0 radical (unpaired) electrons. The van der Waals surface area contributed by atoms with Gasteiger partial charge in [0, 0.05) is 18.5 Å². The smallest absolute Gasteiger partial charge is 0.182 e. The van der Waals surface area contributed by atoms with Crippen molar-refractivity contribution in [3.63, 3.8) is 0 Å². The number of imidazole rings is 1. The molecule has 0 unspecified atom stereocenters. The number of carbonyl (C=O) groups excluding carboxylic acids is 1. The van der Waals surface area contributed by atoms with Crippen LogP contribution in [0.25, 0.3) is 5.65 Å². The van der Waals surface area contributed by atoms with Crippen LogP contribution in [0, 0.1) is 24.4 Å². The first-order valence-electron chi connectivity index (χ1n) is 10.9. The Morgan fingerprint density at radius 1 is 1.12 bits per heavy atom. The maximum Gasteiger partial charge on any atom is 0.182 e. The summed E-state index contributed by atoms with van der Waals surface area (Å²) in [4.78, 5) is 17.8. The zero-order valence-corrected chi connectivity index (χ0v) is 18.3. The molecule has 1 aliphatic carbocycles. The summed E-state index contributed by atoms with van der Waals surface area (Å²) in [6, 6.07) is 12.4. The van der Waals surface area contributed by atoms with E-state index in [1.54, 1.807) is 29.7 Å². The second kappa shape index (κ2) is 8.61. The zero-order chi connectivity index (χ0) is 24.0. The normalized spacial score (nSPS) is 17.2. The zero-order valence-electron chi connectivity index (χ0n) is 18.3. The number of aryl methyl sites for hydroxylation is 1. The van der Waals surface area contributed by atoms with E-state index in [2.05, 4.69) is 4.98 Å². The van der Waals surface area contributed by atoms with Gasteiger partial charge in [0.15, 0.2) is 28.8 Å². The number of aromatic nitrogens is 2. The maximum atomic E-state index is 14.0. The molecule has 2 atom stereocenters. The number of Topliss-reactive ketones (excluding diaryl/α,β-unsaturated/α-hetero) is 1. The van der Waals surface area contributed by atoms with E-state index in [9.17, 15) is 23.1 Å². The van der Waals surface area contributed by atoms with Gasteiger partial charge >= 0.3 is 0 Å². The Hall–Kier alpha value is -3.65. The number of benzene rings is 2. The Bertz CT molecular complexity index is 1420. The molecule has 34 heavy (non-hydrogen) atoms. The Kier molecular flexibility index (Phi) is 5.61. The summed E-state index contributed by atoms with van der Waals surface area (Å²) in [7, 11) is 0. The number of carbonyl (C=O) groups is 1. The highest BCUT2D eigenvalue weighted by Crippen LogP contribution is 2.37. The van der Waals surface area contributed by atoms with Crippen molar-refractivity contribution < 1.29 is 27.8 Å². The lowest BCUT2D eigenvalue weighted by Gasteiger charge is -2.15. The van der Waals surface area contributed by atoms with E-state index in [-0.39, 0.29) is 23.9 Å². The molecule has 2 heterocycles. The highest BCUT2D eigenvalue weighted by atomic mass is 19.2. The van der Waals surface area contributed by atoms with Crippen LogP contribution in [0.4, 0.5) is 13.2 Å². The van der Waals surface area contributed by atoms with Crippen LogP contribution in [0.1, 0.15) is 45.2 Å². The monoisotopic (exact) mass is 466 g/mol. The standard InChI is InChI=1S/C26H21F3N2O3/c1-14-25(22(33)12-17-16-6-3-2-5-15(16)11-21(17)32)31-10-4-7-23(26(31)30-14)34-13-18-19(27)8-9-20(28)24(18)29/h2-10,17,21,32H,11-13H2,1H3/t17-,21+/m1/s1. The fourth-order valence-electron chi connectivity index (χ4n) is 4.66. The number of halogens is 3. The van der Waals surface area contributed by atoms with Gasteiger partial charge in [-0.3, -0.25) is 9.20 Å². The van der Waals surface area contributed by atoms with Crippen molar-refractivity contribution in [2.45, 2.75) is 38.4 Å². The molecule has 0 spiro atoms. The van der Waals surface area contributed by atoms with Crippen molar-refractivity contribution in [2.24, 2.45) is 0 Å². The Morgan fingerprint density at radius 2 is 1.88 bits per heavy atom. The highest BCUT2D eigenvalue weighted by Gasteiger charge is 2.33. The molecule has 2 aromatic heterocycles. The average molecular weight is 466 g/mol. The number of aliphatic hydroxyl groups is 1. The topological polar surface area (TPSA) is 63.8 Å². The molecule has 0 aliphatic heterocycles. The van der Waals surface area contributed by atoms with E-state index < -0.39 is 35.7 Å². The molecule has 0 saturated carbocycles. The Labute approximate surface area is 193 Å². The van der Waals surface area contributed by atoms with Crippen LogP contribution >= 0.6 is 0 Å². The molecular weight excluding hydrogens is 445 g/mol. The lowest BCUT2D eigenvalue weighted by atomic mass is 9.93. The SMILES string of the molecule is Cc1nc2c(OCc3c(F)ccc(F)c3F)cccn2c1C(=O)C[C@@H]1c2ccccc2C[C@@H]1O. The quantitative estimate of drug-likeness (QED) is 0.324. The Balaban J connectivity index is 1.43. The third-order valence-electron chi connectivity index (χ3n) is 6.32. The summed E-state index contributed by atoms with van der Waals surface area (Å²) in [5.41, 5.74) is 2.58. The summed E-state index contributed by atoms with van der Waals surface area (Å²) in [6.07, 6.45) is 1.62. The van der Waals surface area contributed by atoms with Gasteiger partial charge in [0.25, 0.3) is 0 Å². The van der Waals surface area contributed by atoms with Crippen LogP contribution in [-0.2, 0) is 13.0 Å². The van der Waals surface area contributed by atoms with Gasteiger partial charge in [-0.2, -0.15) is 0 Å². The van der Waals surface area contributed by atoms with Gasteiger partial charge in [-0.05, 0) is 48.7 Å². The molecule has 1 aliphatic rings. The number of hydrogen-bond acceptors (Lipinski definition) is 4. The first-order valence-corrected chi connectivity index (χ1v) is 10.9. The molecule has 0 saturated heterocycles. The van der Waals surface area contributed by atoms with Crippen LogP contribution in [0.5, 0.6) is 5.75 Å². The predicted molar refractivity (Wildman–Crippen MR) is 118 cm³/mol. The summed E-state index contributed by atoms with van der Waals surface area (Å²) in [6.45, 7) is 1.14. The van der Waals surface area contributed by atoms with Crippen LogP contribution in [-0.4, -0.2) is 26.4 Å². The van der Waals surface area contributed by atoms with Crippen molar-refractivity contribution >= 4 is 11.4 Å². The van der Waals surface area contributed by atoms with Crippen LogP contribution in [0.15, 0.2) is 54.7 Å². The largest absolute Gasteiger partial charge is 0.485 e. The van der Waals surface area contributed by atoms with Gasteiger partial charge in [0.2, 0.25) is 0 Å². The molecule has 174 valence electrons. The van der Waals surface area contributed by atoms with Gasteiger partial charge in [0.1, 0.15) is 18.1 Å². The van der Waals surface area contributed by atoms with Gasteiger partial charge < -0.3 is 9.84 Å². The summed E-state index contributed by atoms with van der Waals surface area (Å²) in [5, 5.41) is 10.5. The third kappa shape index (κ3) is 3.74. The fourth-order valence-corrected chi connectivity index (χ4v) is 4.66. The molecule has 2 aromatic carbocycles. The summed E-state index contributed by atoms with van der Waals surface area (Å²) >= 11 is 0. The molecule has 0 amide bonds. The molecular formula is C26H21F3N2O3. The molecule has 5 rings (SSSR count). The predicted octanol–water partition coefficient (Wildman–Crippen LogP) is 4.91. The van der Waals surface area contributed by atoms with Crippen LogP contribution in [0.2, 0.25) is 0 Å². The Morgan fingerprint density at radius 3 is 2.71 bits per heavy atom. The van der Waals surface area contributed by atoms with E-state index in [1.807, 2.05) is 24.3 Å². The van der Waals surface area contributed by atoms with Gasteiger partial charge in [-0.15, -0.1) is 0 Å². The van der Waals surface area contributed by atoms with Crippen molar-refractivity contribution in [1.82, 2.24) is 9.38 Å². The number of ketones is 1. The maximum absolute atomic E-state index is 14.0. The van der Waals surface area contributed by atoms with Gasteiger partial charge in [-0.25, -0.2) is 18.2 Å². The van der Waals surface area contributed by atoms with Crippen molar-refractivity contribution in [2.75, 3.05) is 0 Å². The number of nitrogens with zero attached hydrogens (tertiary/aromatic N) is 2. The second-order valence-corrected chi connectivity index (χ2v) is 8.43. The molecule has 1 N–H and O–H groups in total. The summed E-state index contributed by atoms with van der Waals surface area (Å²) < 4.78 is 48.6. The van der Waals surface area contributed by atoms with Crippen molar-refractivity contribution in [1.29, 1.82) is 0 Å². The molecule has 0 bridgehead atoms. The van der Waals surface area contributed by atoms with E-state index in [1.165, 1.54) is 0 Å². The minimum atomic E-state index is -1.31. The van der Waals surface area contributed by atoms with Gasteiger partial charge in [-0.1, -0.05) is 24.3 Å². The molecule has 4 aromatic rings. The van der Waals surface area contributed by atoms with E-state index >= 15 is 0 Å².